The van der Waals surface area contributed by atoms with Gasteiger partial charge in [-0.05, 0) is 31.5 Å². The number of aliphatic hydroxyl groups excluding tert-OH is 3. The normalized spacial score (nSPS) is 21.6. The summed E-state index contributed by atoms with van der Waals surface area (Å²) in [6.45, 7) is 3.76. The van der Waals surface area contributed by atoms with E-state index in [4.69, 9.17) is 13.8 Å². The smallest absolute Gasteiger partial charge is 0.335 e. The number of hydrogen-bond donors (Lipinski definition) is 6. The van der Waals surface area contributed by atoms with E-state index in [1.807, 2.05) is 4.98 Å². The Balaban J connectivity index is 1.48. The molecule has 220 valence electrons. The van der Waals surface area contributed by atoms with E-state index in [0.717, 1.165) is 16.8 Å². The number of aromatic amines is 1. The van der Waals surface area contributed by atoms with Gasteiger partial charge < -0.3 is 39.7 Å². The molecule has 2 heterocycles. The van der Waals surface area contributed by atoms with Crippen molar-refractivity contribution in [1.82, 2.24) is 14.9 Å². The van der Waals surface area contributed by atoms with Crippen LogP contribution in [0.4, 0.5) is 5.69 Å². The lowest BCUT2D eigenvalue weighted by molar-refractivity contribution is -0.143. The number of carbonyl (C=O) groups is 2. The Morgan fingerprint density at radius 1 is 1.10 bits per heavy atom. The maximum Gasteiger partial charge on any atom is 0.335 e. The molecular formula is C24H33N4O11P. The number of H-pyrrole nitrogens is 1. The molecule has 2 amide bonds. The van der Waals surface area contributed by atoms with Crippen LogP contribution < -0.4 is 21.9 Å². The quantitative estimate of drug-likeness (QED) is 0.164. The van der Waals surface area contributed by atoms with Gasteiger partial charge in [0.1, 0.15) is 18.3 Å². The number of anilines is 1. The van der Waals surface area contributed by atoms with Crippen LogP contribution in [-0.4, -0.2) is 80.9 Å². The summed E-state index contributed by atoms with van der Waals surface area (Å²) in [5.74, 6) is -1.42. The number of hydrogen-bond acceptors (Lipinski definition) is 11. The van der Waals surface area contributed by atoms with Gasteiger partial charge in [0, 0.05) is 30.9 Å². The second-order valence-electron chi connectivity index (χ2n) is 8.83. The zero-order valence-corrected chi connectivity index (χ0v) is 22.8. The molecule has 0 bridgehead atoms. The number of nitrogens with zero attached hydrogens (tertiary/aromatic N) is 1. The largest absolute Gasteiger partial charge is 0.387 e. The topological polar surface area (TPSA) is 219 Å². The Kier molecular flexibility index (Phi) is 10.9. The van der Waals surface area contributed by atoms with Crippen LogP contribution in [0.25, 0.3) is 0 Å². The van der Waals surface area contributed by atoms with Crippen LogP contribution in [0.15, 0.2) is 46.1 Å². The van der Waals surface area contributed by atoms with Crippen LogP contribution >= 0.6 is 7.60 Å². The fourth-order valence-electron chi connectivity index (χ4n) is 4.02. The average Bonchev–Trinajstić information content (AvgIpc) is 3.18. The van der Waals surface area contributed by atoms with E-state index < -0.39 is 61.3 Å². The lowest BCUT2D eigenvalue weighted by Gasteiger charge is -2.20. The maximum absolute atomic E-state index is 12.7. The monoisotopic (exact) mass is 584 g/mol. The minimum atomic E-state index is -3.27. The Bertz CT molecular complexity index is 1320. The fraction of sp³-hybridized carbons (Fsp3) is 0.500. The van der Waals surface area contributed by atoms with E-state index in [1.165, 1.54) is 0 Å². The SMILES string of the molecule is CCOP(=O)(Cc1ccc(NC(=O)CCNC(=O)C(O)[C@H]2O[C@@H](n3ccc(=O)[nH]c3=O)[C@H](O)[C@@H]2O)cc1)OCC. The van der Waals surface area contributed by atoms with Crippen LogP contribution in [0.1, 0.15) is 32.1 Å². The van der Waals surface area contributed by atoms with Crippen molar-refractivity contribution in [2.75, 3.05) is 25.1 Å². The molecule has 1 aromatic carbocycles. The molecule has 0 radical (unpaired) electrons. The number of benzene rings is 1. The second kappa shape index (κ2) is 13.9. The predicted octanol–water partition coefficient (Wildman–Crippen LogP) is -0.572. The van der Waals surface area contributed by atoms with Crippen LogP contribution in [0.2, 0.25) is 0 Å². The van der Waals surface area contributed by atoms with Crippen LogP contribution in [0.5, 0.6) is 0 Å². The van der Waals surface area contributed by atoms with Crippen molar-refractivity contribution in [3.05, 3.63) is 62.9 Å². The Morgan fingerprint density at radius 2 is 1.75 bits per heavy atom. The van der Waals surface area contributed by atoms with Crippen LogP contribution in [0, 0.1) is 0 Å². The third kappa shape index (κ3) is 7.95. The van der Waals surface area contributed by atoms with Gasteiger partial charge in [-0.3, -0.25) is 28.5 Å². The minimum Gasteiger partial charge on any atom is -0.387 e. The van der Waals surface area contributed by atoms with Crippen molar-refractivity contribution in [3.8, 4) is 0 Å². The third-order valence-corrected chi connectivity index (χ3v) is 7.95. The first-order chi connectivity index (χ1) is 19.0. The predicted molar refractivity (Wildman–Crippen MR) is 141 cm³/mol. The molecule has 0 saturated carbocycles. The van der Waals surface area contributed by atoms with Crippen molar-refractivity contribution >= 4 is 25.1 Å². The summed E-state index contributed by atoms with van der Waals surface area (Å²) in [6.07, 6.45) is -7.44. The number of carbonyl (C=O) groups excluding carboxylic acids is 2. The molecule has 6 N–H and O–H groups in total. The molecular weight excluding hydrogens is 551 g/mol. The van der Waals surface area contributed by atoms with Crippen molar-refractivity contribution in [3.63, 3.8) is 0 Å². The first-order valence-corrected chi connectivity index (χ1v) is 14.3. The molecule has 40 heavy (non-hydrogen) atoms. The van der Waals surface area contributed by atoms with E-state index >= 15 is 0 Å². The summed E-state index contributed by atoms with van der Waals surface area (Å²) in [5.41, 5.74) is -0.445. The van der Waals surface area contributed by atoms with Gasteiger partial charge in [-0.25, -0.2) is 4.79 Å². The number of aliphatic hydroxyl groups is 3. The maximum atomic E-state index is 12.7. The van der Waals surface area contributed by atoms with Crippen molar-refractivity contribution < 1.29 is 43.3 Å². The molecule has 5 atom stereocenters. The molecule has 0 aliphatic carbocycles. The van der Waals surface area contributed by atoms with Gasteiger partial charge >= 0.3 is 13.3 Å². The molecule has 1 fully saturated rings. The standard InChI is InChI=1S/C24H33N4O11P/c1-3-37-40(36,38-4-2)13-14-5-7-15(8-6-14)26-16(29)9-11-25-22(34)20(33)21-18(31)19(32)23(39-21)28-12-10-17(30)27-24(28)35/h5-8,10,12,18-21,23,31-33H,3-4,9,11,13H2,1-2H3,(H,25,34)(H,26,29)(H,27,30,35)/t18-,19+,20?,21-,23+/m0/s1. The summed E-state index contributed by atoms with van der Waals surface area (Å²) in [4.78, 5) is 49.9. The first kappa shape index (κ1) is 31.4. The molecule has 2 aromatic rings. The molecule has 3 rings (SSSR count). The van der Waals surface area contributed by atoms with E-state index in [9.17, 15) is 39.1 Å². The minimum absolute atomic E-state index is 0.0794. The van der Waals surface area contributed by atoms with Gasteiger partial charge in [-0.1, -0.05) is 12.1 Å². The van der Waals surface area contributed by atoms with Gasteiger partial charge in [0.2, 0.25) is 5.91 Å². The molecule has 1 aliphatic rings. The number of amides is 2. The third-order valence-electron chi connectivity index (χ3n) is 5.90. The zero-order chi connectivity index (χ0) is 29.4. The van der Waals surface area contributed by atoms with Crippen molar-refractivity contribution in [1.29, 1.82) is 0 Å². The van der Waals surface area contributed by atoms with Crippen molar-refractivity contribution in [2.45, 2.75) is 57.1 Å². The lowest BCUT2D eigenvalue weighted by atomic mass is 10.0. The molecule has 0 spiro atoms. The summed E-state index contributed by atoms with van der Waals surface area (Å²) in [7, 11) is -3.27. The highest BCUT2D eigenvalue weighted by Crippen LogP contribution is 2.51. The number of rotatable bonds is 13. The summed E-state index contributed by atoms with van der Waals surface area (Å²) in [5, 5.41) is 35.9. The number of ether oxygens (including phenoxy) is 1. The second-order valence-corrected chi connectivity index (χ2v) is 10.9. The van der Waals surface area contributed by atoms with Crippen LogP contribution in [0.3, 0.4) is 0 Å². The van der Waals surface area contributed by atoms with E-state index in [1.54, 1.807) is 38.1 Å². The highest BCUT2D eigenvalue weighted by Gasteiger charge is 2.49. The highest BCUT2D eigenvalue weighted by atomic mass is 31.2. The summed E-state index contributed by atoms with van der Waals surface area (Å²) >= 11 is 0. The van der Waals surface area contributed by atoms with Gasteiger partial charge in [-0.2, -0.15) is 0 Å². The Hall–Kier alpha value is -3.17. The number of aromatic nitrogens is 2. The summed E-state index contributed by atoms with van der Waals surface area (Å²) in [6, 6.07) is 7.59. The first-order valence-electron chi connectivity index (χ1n) is 12.5. The molecule has 16 heteroatoms. The summed E-state index contributed by atoms with van der Waals surface area (Å²) < 4.78 is 29.4. The number of nitrogens with one attached hydrogen (secondary N) is 3. The molecule has 1 saturated heterocycles. The fourth-order valence-corrected chi connectivity index (χ4v) is 5.72. The molecule has 1 aliphatic heterocycles. The van der Waals surface area contributed by atoms with E-state index in [2.05, 4.69) is 10.6 Å². The van der Waals surface area contributed by atoms with Gasteiger partial charge in [0.15, 0.2) is 12.3 Å². The van der Waals surface area contributed by atoms with Gasteiger partial charge in [-0.15, -0.1) is 0 Å². The lowest BCUT2D eigenvalue weighted by Crippen LogP contribution is -2.48. The highest BCUT2D eigenvalue weighted by molar-refractivity contribution is 7.53. The zero-order valence-electron chi connectivity index (χ0n) is 21.9. The van der Waals surface area contributed by atoms with E-state index in [0.29, 0.717) is 11.3 Å². The average molecular weight is 585 g/mol. The van der Waals surface area contributed by atoms with E-state index in [-0.39, 0.29) is 32.3 Å². The molecule has 1 aromatic heterocycles. The molecule has 1 unspecified atom stereocenters. The van der Waals surface area contributed by atoms with Crippen molar-refractivity contribution in [2.24, 2.45) is 0 Å². The van der Waals surface area contributed by atoms with Gasteiger partial charge in [0.05, 0.1) is 19.4 Å². The Labute approximate surface area is 228 Å². The van der Waals surface area contributed by atoms with Gasteiger partial charge in [0.25, 0.3) is 11.5 Å². The molecule has 15 nitrogen and oxygen atoms in total. The Morgan fingerprint density at radius 3 is 2.35 bits per heavy atom. The van der Waals surface area contributed by atoms with Crippen LogP contribution in [-0.2, 0) is 34.1 Å².